The fraction of sp³-hybridized carbons (Fsp3) is 0.594. The Morgan fingerprint density at radius 1 is 1.05 bits per heavy atom. The molecule has 38 heavy (non-hydrogen) atoms. The second-order valence-corrected chi connectivity index (χ2v) is 11.8. The van der Waals surface area contributed by atoms with E-state index in [0.29, 0.717) is 32.0 Å². The standard InChI is InChI=1S/C32H45N3O3/c1-4-7-25(3)35-19-14-28-29(10-6-11-30(28)35)33-20-15-32(37,16-21-33)23-31(36)34-17-12-26(13-18-34)38-27-9-5-8-24(2)22-27/h5-6,8-11,22,25-26,37H,4,7,12-21,23H2,1-3H3. The van der Waals surface area contributed by atoms with Gasteiger partial charge < -0.3 is 24.5 Å². The minimum atomic E-state index is -0.915. The monoisotopic (exact) mass is 519 g/mol. The van der Waals surface area contributed by atoms with Gasteiger partial charge in [-0.2, -0.15) is 0 Å². The van der Waals surface area contributed by atoms with Crippen molar-refractivity contribution >= 4 is 17.3 Å². The molecular formula is C32H45N3O3. The van der Waals surface area contributed by atoms with Crippen molar-refractivity contribution in [2.24, 2.45) is 0 Å². The third-order valence-corrected chi connectivity index (χ3v) is 8.88. The Hall–Kier alpha value is -2.73. The number of rotatable bonds is 8. The van der Waals surface area contributed by atoms with E-state index in [1.165, 1.54) is 35.3 Å². The second kappa shape index (κ2) is 11.6. The number of hydrogen-bond donors (Lipinski definition) is 1. The molecule has 2 aromatic carbocycles. The number of ether oxygens (including phenoxy) is 1. The summed E-state index contributed by atoms with van der Waals surface area (Å²) in [7, 11) is 0. The highest BCUT2D eigenvalue weighted by molar-refractivity contribution is 5.77. The third kappa shape index (κ3) is 5.96. The van der Waals surface area contributed by atoms with Crippen molar-refractivity contribution in [3.8, 4) is 5.75 Å². The first-order valence-corrected chi connectivity index (χ1v) is 14.7. The van der Waals surface area contributed by atoms with Gasteiger partial charge in [-0.15, -0.1) is 0 Å². The highest BCUT2D eigenvalue weighted by atomic mass is 16.5. The number of fused-ring (bicyclic) bond motifs is 1. The van der Waals surface area contributed by atoms with Crippen molar-refractivity contribution in [1.29, 1.82) is 0 Å². The summed E-state index contributed by atoms with van der Waals surface area (Å²) in [5.74, 6) is 0.985. The van der Waals surface area contributed by atoms with Crippen LogP contribution in [-0.4, -0.2) is 66.4 Å². The zero-order chi connectivity index (χ0) is 26.7. The Kier molecular flexibility index (Phi) is 8.18. The van der Waals surface area contributed by atoms with Crippen LogP contribution in [0.15, 0.2) is 42.5 Å². The smallest absolute Gasteiger partial charge is 0.225 e. The molecule has 3 aliphatic heterocycles. The number of benzene rings is 2. The van der Waals surface area contributed by atoms with Crippen LogP contribution in [0, 0.1) is 6.92 Å². The van der Waals surface area contributed by atoms with E-state index in [0.717, 1.165) is 44.6 Å². The lowest BCUT2D eigenvalue weighted by atomic mass is 9.87. The van der Waals surface area contributed by atoms with Gasteiger partial charge in [0.15, 0.2) is 0 Å². The van der Waals surface area contributed by atoms with Crippen LogP contribution in [0.2, 0.25) is 0 Å². The Morgan fingerprint density at radius 2 is 1.76 bits per heavy atom. The van der Waals surface area contributed by atoms with E-state index >= 15 is 0 Å². The number of carbonyl (C=O) groups excluding carboxylic acids is 1. The van der Waals surface area contributed by atoms with Crippen molar-refractivity contribution in [2.75, 3.05) is 42.5 Å². The van der Waals surface area contributed by atoms with Crippen molar-refractivity contribution < 1.29 is 14.6 Å². The van der Waals surface area contributed by atoms with Gasteiger partial charge in [0.2, 0.25) is 5.91 Å². The predicted octanol–water partition coefficient (Wildman–Crippen LogP) is 5.34. The number of likely N-dealkylation sites (tertiary alicyclic amines) is 1. The lowest BCUT2D eigenvalue weighted by molar-refractivity contribution is -0.139. The number of amides is 1. The van der Waals surface area contributed by atoms with Gasteiger partial charge in [0.1, 0.15) is 11.9 Å². The van der Waals surface area contributed by atoms with Gasteiger partial charge in [0.25, 0.3) is 0 Å². The first-order valence-electron chi connectivity index (χ1n) is 14.7. The van der Waals surface area contributed by atoms with Gasteiger partial charge in [0, 0.05) is 68.5 Å². The normalized spacial score (nSPS) is 20.4. The number of hydrogen-bond acceptors (Lipinski definition) is 5. The highest BCUT2D eigenvalue weighted by Crippen LogP contribution is 2.39. The summed E-state index contributed by atoms with van der Waals surface area (Å²) in [5, 5.41) is 11.4. The van der Waals surface area contributed by atoms with Gasteiger partial charge in [-0.25, -0.2) is 0 Å². The number of anilines is 2. The molecule has 1 unspecified atom stereocenters. The third-order valence-electron chi connectivity index (χ3n) is 8.88. The van der Waals surface area contributed by atoms with Crippen LogP contribution in [0.3, 0.4) is 0 Å². The molecule has 0 spiro atoms. The molecule has 3 aliphatic rings. The zero-order valence-electron chi connectivity index (χ0n) is 23.5. The second-order valence-electron chi connectivity index (χ2n) is 11.8. The molecule has 6 heteroatoms. The fourth-order valence-corrected chi connectivity index (χ4v) is 6.61. The maximum atomic E-state index is 13.1. The van der Waals surface area contributed by atoms with Gasteiger partial charge in [-0.05, 0) is 69.4 Å². The lowest BCUT2D eigenvalue weighted by Gasteiger charge is -2.41. The maximum absolute atomic E-state index is 13.1. The van der Waals surface area contributed by atoms with E-state index < -0.39 is 5.60 Å². The van der Waals surface area contributed by atoms with E-state index in [4.69, 9.17) is 4.74 Å². The van der Waals surface area contributed by atoms with Crippen LogP contribution in [0.1, 0.15) is 69.9 Å². The Labute approximate surface area is 228 Å². The Balaban J connectivity index is 1.12. The molecule has 5 rings (SSSR count). The topological polar surface area (TPSA) is 56.2 Å². The van der Waals surface area contributed by atoms with Crippen LogP contribution in [0.4, 0.5) is 11.4 Å². The highest BCUT2D eigenvalue weighted by Gasteiger charge is 2.38. The number of aryl methyl sites for hydroxylation is 1. The predicted molar refractivity (Wildman–Crippen MR) is 154 cm³/mol. The van der Waals surface area contributed by atoms with Crippen LogP contribution in [-0.2, 0) is 11.2 Å². The summed E-state index contributed by atoms with van der Waals surface area (Å²) >= 11 is 0. The molecule has 3 heterocycles. The Bertz CT molecular complexity index is 1100. The molecule has 0 aliphatic carbocycles. The van der Waals surface area contributed by atoms with E-state index in [1.807, 2.05) is 17.0 Å². The number of carbonyl (C=O) groups is 1. The summed E-state index contributed by atoms with van der Waals surface area (Å²) in [4.78, 5) is 20.1. The van der Waals surface area contributed by atoms with E-state index in [1.54, 1.807) is 0 Å². The summed E-state index contributed by atoms with van der Waals surface area (Å²) < 4.78 is 6.16. The molecule has 2 fully saturated rings. The molecule has 206 valence electrons. The summed E-state index contributed by atoms with van der Waals surface area (Å²) in [5.41, 5.74) is 4.43. The van der Waals surface area contributed by atoms with Crippen LogP contribution in [0.25, 0.3) is 0 Å². The zero-order valence-corrected chi connectivity index (χ0v) is 23.5. The molecule has 0 radical (unpaired) electrons. The van der Waals surface area contributed by atoms with Crippen molar-refractivity contribution in [1.82, 2.24) is 4.90 Å². The summed E-state index contributed by atoms with van der Waals surface area (Å²) in [6.07, 6.45) is 6.79. The molecule has 0 bridgehead atoms. The van der Waals surface area contributed by atoms with Gasteiger partial charge in [-0.3, -0.25) is 4.79 Å². The molecule has 1 atom stereocenters. The average Bonchev–Trinajstić information content (AvgIpc) is 3.34. The minimum absolute atomic E-state index is 0.0797. The fourth-order valence-electron chi connectivity index (χ4n) is 6.61. The summed E-state index contributed by atoms with van der Waals surface area (Å²) in [6.45, 7) is 10.7. The number of nitrogens with zero attached hydrogens (tertiary/aromatic N) is 3. The lowest BCUT2D eigenvalue weighted by Crippen LogP contribution is -2.49. The van der Waals surface area contributed by atoms with Gasteiger partial charge >= 0.3 is 0 Å². The molecule has 2 aromatic rings. The first kappa shape index (κ1) is 26.9. The summed E-state index contributed by atoms with van der Waals surface area (Å²) in [6, 6.07) is 15.4. The molecule has 0 aromatic heterocycles. The van der Waals surface area contributed by atoms with Crippen molar-refractivity contribution in [2.45, 2.75) is 89.9 Å². The largest absolute Gasteiger partial charge is 0.490 e. The van der Waals surface area contributed by atoms with E-state index in [9.17, 15) is 9.90 Å². The van der Waals surface area contributed by atoms with Crippen LogP contribution < -0.4 is 14.5 Å². The van der Waals surface area contributed by atoms with Crippen LogP contribution in [0.5, 0.6) is 5.75 Å². The molecule has 6 nitrogen and oxygen atoms in total. The molecule has 1 amide bonds. The Morgan fingerprint density at radius 3 is 2.47 bits per heavy atom. The van der Waals surface area contributed by atoms with Crippen molar-refractivity contribution in [3.05, 3.63) is 53.6 Å². The number of aliphatic hydroxyl groups is 1. The molecule has 0 saturated carbocycles. The van der Waals surface area contributed by atoms with Crippen LogP contribution >= 0.6 is 0 Å². The van der Waals surface area contributed by atoms with E-state index in [-0.39, 0.29) is 18.4 Å². The first-order chi connectivity index (χ1) is 18.3. The minimum Gasteiger partial charge on any atom is -0.490 e. The SMILES string of the molecule is CCCC(C)N1CCc2c(N3CCC(O)(CC(=O)N4CCC(Oc5cccc(C)c5)CC4)CC3)cccc21. The number of piperidine rings is 2. The van der Waals surface area contributed by atoms with Gasteiger partial charge in [0.05, 0.1) is 12.0 Å². The van der Waals surface area contributed by atoms with E-state index in [2.05, 4.69) is 60.9 Å². The maximum Gasteiger partial charge on any atom is 0.225 e. The van der Waals surface area contributed by atoms with Gasteiger partial charge in [-0.1, -0.05) is 31.5 Å². The average molecular weight is 520 g/mol. The molecule has 2 saturated heterocycles. The molecule has 1 N–H and O–H groups in total. The van der Waals surface area contributed by atoms with Crippen molar-refractivity contribution in [3.63, 3.8) is 0 Å². The molecular weight excluding hydrogens is 474 g/mol. The quantitative estimate of drug-likeness (QED) is 0.510.